The lowest BCUT2D eigenvalue weighted by molar-refractivity contribution is 0.101. The lowest BCUT2D eigenvalue weighted by Gasteiger charge is -2.09. The first kappa shape index (κ1) is 18.2. The van der Waals surface area contributed by atoms with Crippen LogP contribution in [0, 0.1) is 0 Å². The largest absolute Gasteiger partial charge is 0.295 e. The van der Waals surface area contributed by atoms with Crippen molar-refractivity contribution in [1.82, 2.24) is 0 Å². The molecule has 1 N–H and O–H groups in total. The van der Waals surface area contributed by atoms with Crippen molar-refractivity contribution in [3.05, 3.63) is 59.7 Å². The van der Waals surface area contributed by atoms with Crippen molar-refractivity contribution in [2.45, 2.75) is 44.4 Å². The molecule has 5 heteroatoms. The van der Waals surface area contributed by atoms with Gasteiger partial charge in [-0.2, -0.15) is 0 Å². The van der Waals surface area contributed by atoms with Crippen LogP contribution in [0.3, 0.4) is 0 Å². The Bertz CT molecular complexity index is 796. The summed E-state index contributed by atoms with van der Waals surface area (Å²) in [6.07, 6.45) is 4.41. The molecule has 0 saturated heterocycles. The second kappa shape index (κ2) is 8.11. The van der Waals surface area contributed by atoms with Crippen LogP contribution >= 0.6 is 0 Å². The van der Waals surface area contributed by atoms with Crippen molar-refractivity contribution in [3.63, 3.8) is 0 Å². The minimum Gasteiger partial charge on any atom is -0.295 e. The number of aryl methyl sites for hydroxylation is 1. The first-order valence-corrected chi connectivity index (χ1v) is 9.63. The highest BCUT2D eigenvalue weighted by Crippen LogP contribution is 2.18. The molecule has 0 aliphatic heterocycles. The fraction of sp³-hybridized carbons (Fsp3) is 0.316. The fourth-order valence-corrected chi connectivity index (χ4v) is 3.48. The summed E-state index contributed by atoms with van der Waals surface area (Å²) >= 11 is 0. The molecule has 128 valence electrons. The molecule has 2 rings (SSSR count). The molecule has 0 aliphatic rings. The van der Waals surface area contributed by atoms with E-state index < -0.39 is 10.0 Å². The number of sulfonamides is 1. The van der Waals surface area contributed by atoms with Crippen LogP contribution in [0.15, 0.2) is 53.4 Å². The van der Waals surface area contributed by atoms with Crippen LogP contribution in [-0.4, -0.2) is 14.2 Å². The number of hydrogen-bond acceptors (Lipinski definition) is 3. The highest BCUT2D eigenvalue weighted by atomic mass is 32.2. The lowest BCUT2D eigenvalue weighted by Crippen LogP contribution is -2.13. The van der Waals surface area contributed by atoms with Gasteiger partial charge in [0.1, 0.15) is 0 Å². The molecule has 0 atom stereocenters. The van der Waals surface area contributed by atoms with E-state index in [1.807, 2.05) is 12.1 Å². The number of Topliss-reactive ketones (excluding diaryl/α,β-unsaturated/α-hetero) is 1. The highest BCUT2D eigenvalue weighted by Gasteiger charge is 2.14. The summed E-state index contributed by atoms with van der Waals surface area (Å²) in [4.78, 5) is 11.6. The van der Waals surface area contributed by atoms with Crippen molar-refractivity contribution in [2.24, 2.45) is 0 Å². The molecule has 0 aromatic heterocycles. The van der Waals surface area contributed by atoms with Gasteiger partial charge in [-0.25, -0.2) is 8.42 Å². The summed E-state index contributed by atoms with van der Waals surface area (Å²) in [7, 11) is -3.66. The molecular formula is C19H23NO3S. The van der Waals surface area contributed by atoms with Gasteiger partial charge in [0.05, 0.1) is 4.90 Å². The number of hydrogen-bond donors (Lipinski definition) is 1. The van der Waals surface area contributed by atoms with Crippen molar-refractivity contribution in [2.75, 3.05) is 4.72 Å². The number of anilines is 1. The molecular weight excluding hydrogens is 322 g/mol. The minimum absolute atomic E-state index is 0.104. The third kappa shape index (κ3) is 4.93. The van der Waals surface area contributed by atoms with Crippen LogP contribution in [-0.2, 0) is 16.4 Å². The summed E-state index contributed by atoms with van der Waals surface area (Å²) in [5.41, 5.74) is 2.00. The molecule has 0 bridgehead atoms. The van der Waals surface area contributed by atoms with Crippen LogP contribution < -0.4 is 4.72 Å². The van der Waals surface area contributed by atoms with Crippen LogP contribution in [0.5, 0.6) is 0 Å². The van der Waals surface area contributed by atoms with E-state index in [9.17, 15) is 13.2 Å². The standard InChI is InChI=1S/C19H23NO3S/c1-3-4-5-7-16-10-12-19(13-11-16)24(22,23)20-18-9-6-8-17(14-18)15(2)21/h6,8-14,20H,3-5,7H2,1-2H3. The van der Waals surface area contributed by atoms with E-state index in [1.54, 1.807) is 36.4 Å². The molecule has 2 aromatic rings. The first-order chi connectivity index (χ1) is 11.4. The molecule has 0 saturated carbocycles. The van der Waals surface area contributed by atoms with E-state index in [4.69, 9.17) is 0 Å². The Hall–Kier alpha value is -2.14. The van der Waals surface area contributed by atoms with Crippen LogP contribution in [0.25, 0.3) is 0 Å². The third-order valence-corrected chi connectivity index (χ3v) is 5.22. The lowest BCUT2D eigenvalue weighted by atomic mass is 10.1. The van der Waals surface area contributed by atoms with Gasteiger partial charge in [0.15, 0.2) is 5.78 Å². The van der Waals surface area contributed by atoms with Crippen molar-refractivity contribution >= 4 is 21.5 Å². The summed E-state index contributed by atoms with van der Waals surface area (Å²) < 4.78 is 27.4. The van der Waals surface area contributed by atoms with Gasteiger partial charge in [-0.1, -0.05) is 44.0 Å². The first-order valence-electron chi connectivity index (χ1n) is 8.15. The van der Waals surface area contributed by atoms with Gasteiger partial charge in [0.2, 0.25) is 0 Å². The average Bonchev–Trinajstić information content (AvgIpc) is 2.55. The average molecular weight is 345 g/mol. The third-order valence-electron chi connectivity index (χ3n) is 3.82. The molecule has 0 unspecified atom stereocenters. The molecule has 0 fully saturated rings. The number of ketones is 1. The van der Waals surface area contributed by atoms with Gasteiger partial charge in [-0.3, -0.25) is 9.52 Å². The zero-order valence-electron chi connectivity index (χ0n) is 14.1. The van der Waals surface area contributed by atoms with Gasteiger partial charge in [0.25, 0.3) is 10.0 Å². The minimum atomic E-state index is -3.66. The SMILES string of the molecule is CCCCCc1ccc(S(=O)(=O)Nc2cccc(C(C)=O)c2)cc1. The predicted molar refractivity (Wildman–Crippen MR) is 96.9 cm³/mol. The summed E-state index contributed by atoms with van der Waals surface area (Å²) in [6.45, 7) is 3.60. The van der Waals surface area contributed by atoms with E-state index in [-0.39, 0.29) is 10.7 Å². The van der Waals surface area contributed by atoms with Crippen molar-refractivity contribution < 1.29 is 13.2 Å². The fourth-order valence-electron chi connectivity index (χ4n) is 2.43. The second-order valence-electron chi connectivity index (χ2n) is 5.84. The number of benzene rings is 2. The highest BCUT2D eigenvalue weighted by molar-refractivity contribution is 7.92. The molecule has 4 nitrogen and oxygen atoms in total. The topological polar surface area (TPSA) is 63.2 Å². The number of rotatable bonds is 8. The van der Waals surface area contributed by atoms with E-state index >= 15 is 0 Å². The number of unbranched alkanes of at least 4 members (excludes halogenated alkanes) is 2. The summed E-state index contributed by atoms with van der Waals surface area (Å²) in [6, 6.07) is 13.4. The smallest absolute Gasteiger partial charge is 0.261 e. The summed E-state index contributed by atoms with van der Waals surface area (Å²) in [5, 5.41) is 0. The molecule has 0 spiro atoms. The molecule has 0 aliphatic carbocycles. The number of nitrogens with one attached hydrogen (secondary N) is 1. The van der Waals surface area contributed by atoms with Crippen LogP contribution in [0.4, 0.5) is 5.69 Å². The Morgan fingerprint density at radius 3 is 2.38 bits per heavy atom. The van der Waals surface area contributed by atoms with Gasteiger partial charge >= 0.3 is 0 Å². The predicted octanol–water partition coefficient (Wildman–Crippen LogP) is 4.42. The number of carbonyl (C=O) groups is 1. The Morgan fingerprint density at radius 2 is 1.75 bits per heavy atom. The zero-order valence-corrected chi connectivity index (χ0v) is 14.9. The molecule has 24 heavy (non-hydrogen) atoms. The van der Waals surface area contributed by atoms with E-state index in [0.717, 1.165) is 24.8 Å². The van der Waals surface area contributed by atoms with Crippen LogP contribution in [0.1, 0.15) is 49.0 Å². The Labute approximate surface area is 144 Å². The second-order valence-corrected chi connectivity index (χ2v) is 7.53. The maximum atomic E-state index is 12.5. The van der Waals surface area contributed by atoms with Gasteiger partial charge < -0.3 is 0 Å². The van der Waals surface area contributed by atoms with Crippen molar-refractivity contribution in [3.8, 4) is 0 Å². The van der Waals surface area contributed by atoms with Gasteiger partial charge in [-0.15, -0.1) is 0 Å². The Balaban J connectivity index is 2.12. The maximum Gasteiger partial charge on any atom is 0.261 e. The van der Waals surface area contributed by atoms with Gasteiger partial charge in [0, 0.05) is 11.3 Å². The van der Waals surface area contributed by atoms with Crippen molar-refractivity contribution in [1.29, 1.82) is 0 Å². The molecule has 0 amide bonds. The van der Waals surface area contributed by atoms with E-state index in [0.29, 0.717) is 11.3 Å². The normalized spacial score (nSPS) is 11.2. The Morgan fingerprint density at radius 1 is 1.04 bits per heavy atom. The molecule has 0 heterocycles. The van der Waals surface area contributed by atoms with Gasteiger partial charge in [-0.05, 0) is 49.6 Å². The van der Waals surface area contributed by atoms with Crippen LogP contribution in [0.2, 0.25) is 0 Å². The Kier molecular flexibility index (Phi) is 6.15. The zero-order chi connectivity index (χ0) is 17.6. The van der Waals surface area contributed by atoms with E-state index in [1.165, 1.54) is 13.3 Å². The summed E-state index contributed by atoms with van der Waals surface area (Å²) in [5.74, 6) is -0.104. The quantitative estimate of drug-likeness (QED) is 0.569. The molecule has 2 aromatic carbocycles. The molecule has 0 radical (unpaired) electrons. The maximum absolute atomic E-state index is 12.5. The van der Waals surface area contributed by atoms with E-state index in [2.05, 4.69) is 11.6 Å². The monoisotopic (exact) mass is 345 g/mol. The number of carbonyl (C=O) groups excluding carboxylic acids is 1.